The highest BCUT2D eigenvalue weighted by Crippen LogP contribution is 2.30. The first kappa shape index (κ1) is 10.1. The second kappa shape index (κ2) is 3.95. The summed E-state index contributed by atoms with van der Waals surface area (Å²) >= 11 is 0. The molecule has 3 nitrogen and oxygen atoms in total. The van der Waals surface area contributed by atoms with Crippen molar-refractivity contribution in [2.75, 3.05) is 7.11 Å². The SMILES string of the molecule is COC1(/C=C/c2ccco2)CC=C(C)O1. The van der Waals surface area contributed by atoms with Gasteiger partial charge in [0.05, 0.1) is 12.0 Å². The fourth-order valence-electron chi connectivity index (χ4n) is 1.53. The molecule has 0 saturated carbocycles. The Balaban J connectivity index is 2.10. The van der Waals surface area contributed by atoms with E-state index < -0.39 is 5.79 Å². The van der Waals surface area contributed by atoms with Crippen LogP contribution in [0.2, 0.25) is 0 Å². The van der Waals surface area contributed by atoms with Crippen LogP contribution in [0.4, 0.5) is 0 Å². The molecule has 0 radical (unpaired) electrons. The molecule has 3 heteroatoms. The van der Waals surface area contributed by atoms with Crippen LogP contribution in [0.3, 0.4) is 0 Å². The lowest BCUT2D eigenvalue weighted by molar-refractivity contribution is -0.144. The van der Waals surface area contributed by atoms with Gasteiger partial charge in [0.1, 0.15) is 5.76 Å². The van der Waals surface area contributed by atoms with Gasteiger partial charge in [-0.15, -0.1) is 0 Å². The van der Waals surface area contributed by atoms with Gasteiger partial charge in [0, 0.05) is 13.5 Å². The Morgan fingerprint density at radius 1 is 1.53 bits per heavy atom. The molecule has 1 aromatic rings. The molecule has 0 saturated heterocycles. The summed E-state index contributed by atoms with van der Waals surface area (Å²) in [7, 11) is 1.64. The summed E-state index contributed by atoms with van der Waals surface area (Å²) < 4.78 is 16.2. The van der Waals surface area contributed by atoms with Gasteiger partial charge in [0.2, 0.25) is 5.79 Å². The number of ether oxygens (including phenoxy) is 2. The van der Waals surface area contributed by atoms with Crippen LogP contribution in [0.25, 0.3) is 6.08 Å². The lowest BCUT2D eigenvalue weighted by Crippen LogP contribution is -2.27. The molecule has 1 atom stereocenters. The number of methoxy groups -OCH3 is 1. The van der Waals surface area contributed by atoms with Crippen molar-refractivity contribution >= 4 is 6.08 Å². The van der Waals surface area contributed by atoms with Gasteiger partial charge in [-0.25, -0.2) is 0 Å². The lowest BCUT2D eigenvalue weighted by Gasteiger charge is -2.23. The average molecular weight is 206 g/mol. The number of hydrogen-bond acceptors (Lipinski definition) is 3. The Bertz CT molecular complexity index is 376. The first-order chi connectivity index (χ1) is 7.24. The summed E-state index contributed by atoms with van der Waals surface area (Å²) in [5, 5.41) is 0. The Hall–Kier alpha value is -1.48. The molecule has 0 aromatic carbocycles. The van der Waals surface area contributed by atoms with Crippen LogP contribution in [0.15, 0.2) is 40.7 Å². The van der Waals surface area contributed by atoms with Crippen LogP contribution in [0.1, 0.15) is 19.1 Å². The average Bonchev–Trinajstić information content (AvgIpc) is 2.85. The molecule has 1 unspecified atom stereocenters. The van der Waals surface area contributed by atoms with Crippen LogP contribution >= 0.6 is 0 Å². The minimum absolute atomic E-state index is 0.656. The molecule has 1 aromatic heterocycles. The maximum absolute atomic E-state index is 5.61. The van der Waals surface area contributed by atoms with E-state index in [4.69, 9.17) is 13.9 Å². The second-order valence-corrected chi connectivity index (χ2v) is 3.49. The van der Waals surface area contributed by atoms with Crippen molar-refractivity contribution in [3.8, 4) is 0 Å². The van der Waals surface area contributed by atoms with Gasteiger partial charge in [-0.1, -0.05) is 0 Å². The van der Waals surface area contributed by atoms with E-state index in [1.54, 1.807) is 13.4 Å². The first-order valence-corrected chi connectivity index (χ1v) is 4.88. The van der Waals surface area contributed by atoms with E-state index in [2.05, 4.69) is 0 Å². The molecular formula is C12H14O3. The minimum Gasteiger partial charge on any atom is -0.465 e. The van der Waals surface area contributed by atoms with Gasteiger partial charge in [-0.3, -0.25) is 0 Å². The summed E-state index contributed by atoms with van der Waals surface area (Å²) in [5.41, 5.74) is 0. The summed E-state index contributed by atoms with van der Waals surface area (Å²) in [4.78, 5) is 0. The lowest BCUT2D eigenvalue weighted by atomic mass is 10.2. The Morgan fingerprint density at radius 3 is 2.93 bits per heavy atom. The molecule has 0 fully saturated rings. The third-order valence-electron chi connectivity index (χ3n) is 2.40. The molecule has 0 aliphatic carbocycles. The molecule has 0 spiro atoms. The molecule has 2 rings (SSSR count). The molecule has 80 valence electrons. The molecular weight excluding hydrogens is 192 g/mol. The van der Waals surface area contributed by atoms with E-state index in [0.717, 1.165) is 17.9 Å². The predicted molar refractivity (Wildman–Crippen MR) is 56.9 cm³/mol. The number of rotatable bonds is 3. The Labute approximate surface area is 89.0 Å². The Morgan fingerprint density at radius 2 is 2.40 bits per heavy atom. The fraction of sp³-hybridized carbons (Fsp3) is 0.333. The van der Waals surface area contributed by atoms with Gasteiger partial charge in [0.15, 0.2) is 0 Å². The van der Waals surface area contributed by atoms with Crippen molar-refractivity contribution in [2.45, 2.75) is 19.1 Å². The number of hydrogen-bond donors (Lipinski definition) is 0. The minimum atomic E-state index is -0.656. The molecule has 0 N–H and O–H groups in total. The maximum atomic E-state index is 5.61. The zero-order valence-electron chi connectivity index (χ0n) is 8.90. The third kappa shape index (κ3) is 2.13. The van der Waals surface area contributed by atoms with Gasteiger partial charge in [-0.2, -0.15) is 0 Å². The van der Waals surface area contributed by atoms with E-state index in [-0.39, 0.29) is 0 Å². The van der Waals surface area contributed by atoms with Crippen molar-refractivity contribution in [3.63, 3.8) is 0 Å². The van der Waals surface area contributed by atoms with E-state index >= 15 is 0 Å². The molecule has 1 aliphatic rings. The predicted octanol–water partition coefficient (Wildman–Crippen LogP) is 2.96. The van der Waals surface area contributed by atoms with Crippen LogP contribution in [-0.2, 0) is 9.47 Å². The molecule has 2 heterocycles. The fourth-order valence-corrected chi connectivity index (χ4v) is 1.53. The first-order valence-electron chi connectivity index (χ1n) is 4.88. The maximum Gasteiger partial charge on any atom is 0.233 e. The van der Waals surface area contributed by atoms with E-state index in [0.29, 0.717) is 0 Å². The topological polar surface area (TPSA) is 31.6 Å². The van der Waals surface area contributed by atoms with Gasteiger partial charge in [0.25, 0.3) is 0 Å². The van der Waals surface area contributed by atoms with Gasteiger partial charge in [-0.05, 0) is 37.3 Å². The van der Waals surface area contributed by atoms with Crippen molar-refractivity contribution in [2.24, 2.45) is 0 Å². The van der Waals surface area contributed by atoms with E-state index in [1.807, 2.05) is 37.3 Å². The highest BCUT2D eigenvalue weighted by molar-refractivity contribution is 5.44. The quantitative estimate of drug-likeness (QED) is 0.762. The van der Waals surface area contributed by atoms with Crippen LogP contribution < -0.4 is 0 Å². The van der Waals surface area contributed by atoms with Crippen LogP contribution in [0.5, 0.6) is 0 Å². The van der Waals surface area contributed by atoms with Crippen molar-refractivity contribution in [1.29, 1.82) is 0 Å². The van der Waals surface area contributed by atoms with Crippen molar-refractivity contribution in [3.05, 3.63) is 42.1 Å². The molecule has 0 bridgehead atoms. The van der Waals surface area contributed by atoms with Crippen LogP contribution in [-0.4, -0.2) is 12.9 Å². The van der Waals surface area contributed by atoms with E-state index in [9.17, 15) is 0 Å². The normalized spacial score (nSPS) is 25.6. The highest BCUT2D eigenvalue weighted by atomic mass is 16.7. The van der Waals surface area contributed by atoms with Gasteiger partial charge >= 0.3 is 0 Å². The summed E-state index contributed by atoms with van der Waals surface area (Å²) in [6, 6.07) is 3.73. The smallest absolute Gasteiger partial charge is 0.233 e. The third-order valence-corrected chi connectivity index (χ3v) is 2.40. The molecule has 1 aliphatic heterocycles. The monoisotopic (exact) mass is 206 g/mol. The zero-order chi connectivity index (χ0) is 10.7. The summed E-state index contributed by atoms with van der Waals surface area (Å²) in [5.74, 6) is 1.03. The van der Waals surface area contributed by atoms with Crippen molar-refractivity contribution in [1.82, 2.24) is 0 Å². The molecule has 0 amide bonds. The Kier molecular flexibility index (Phi) is 2.64. The summed E-state index contributed by atoms with van der Waals surface area (Å²) in [6.45, 7) is 1.92. The second-order valence-electron chi connectivity index (χ2n) is 3.49. The highest BCUT2D eigenvalue weighted by Gasteiger charge is 2.32. The largest absolute Gasteiger partial charge is 0.465 e. The van der Waals surface area contributed by atoms with Crippen molar-refractivity contribution < 1.29 is 13.9 Å². The van der Waals surface area contributed by atoms with Gasteiger partial charge < -0.3 is 13.9 Å². The standard InChI is InChI=1S/C12H14O3/c1-10-5-7-12(13-2,15-10)8-6-11-4-3-9-14-11/h3-6,8-9H,7H2,1-2H3/b8-6+. The van der Waals surface area contributed by atoms with Crippen LogP contribution in [0, 0.1) is 0 Å². The number of furan rings is 1. The van der Waals surface area contributed by atoms with E-state index in [1.165, 1.54) is 0 Å². The summed E-state index contributed by atoms with van der Waals surface area (Å²) in [6.07, 6.45) is 8.11. The zero-order valence-corrected chi connectivity index (χ0v) is 8.90. The number of allylic oxidation sites excluding steroid dienone is 1. The molecule has 15 heavy (non-hydrogen) atoms.